The molecule has 6 heteroatoms. The average molecular weight is 332 g/mol. The first-order valence-corrected chi connectivity index (χ1v) is 8.89. The highest BCUT2D eigenvalue weighted by atomic mass is 35.5. The number of sulfonamides is 1. The summed E-state index contributed by atoms with van der Waals surface area (Å²) < 4.78 is 33.4. The molecule has 1 heterocycles. The molecule has 0 radical (unpaired) electrons. The first kappa shape index (κ1) is 16.7. The largest absolute Gasteiger partial charge is 0.367 e. The van der Waals surface area contributed by atoms with Crippen LogP contribution < -0.4 is 0 Å². The third kappa shape index (κ3) is 3.59. The molecule has 0 saturated carbocycles. The van der Waals surface area contributed by atoms with Crippen molar-refractivity contribution < 1.29 is 13.2 Å². The fourth-order valence-electron chi connectivity index (χ4n) is 2.89. The number of hydrogen-bond acceptors (Lipinski definition) is 3. The molecule has 1 aromatic carbocycles. The Hall–Kier alpha value is -0.620. The highest BCUT2D eigenvalue weighted by Crippen LogP contribution is 2.32. The third-order valence-electron chi connectivity index (χ3n) is 3.40. The Morgan fingerprint density at radius 1 is 1.14 bits per heavy atom. The average Bonchev–Trinajstić information content (AvgIpc) is 2.35. The van der Waals surface area contributed by atoms with Crippen molar-refractivity contribution in [1.82, 2.24) is 4.31 Å². The first-order chi connectivity index (χ1) is 9.57. The minimum atomic E-state index is -3.58. The van der Waals surface area contributed by atoms with Gasteiger partial charge in [0, 0.05) is 19.0 Å². The van der Waals surface area contributed by atoms with Crippen LogP contribution in [0.1, 0.15) is 33.3 Å². The van der Waals surface area contributed by atoms with Crippen LogP contribution in [0.5, 0.6) is 0 Å². The van der Waals surface area contributed by atoms with Crippen LogP contribution in [0.4, 0.5) is 0 Å². The van der Waals surface area contributed by atoms with Crippen LogP contribution in [0.3, 0.4) is 0 Å². The zero-order valence-electron chi connectivity index (χ0n) is 12.9. The van der Waals surface area contributed by atoms with Gasteiger partial charge in [0.25, 0.3) is 0 Å². The van der Waals surface area contributed by atoms with Crippen LogP contribution in [0, 0.1) is 0 Å². The van der Waals surface area contributed by atoms with Crippen LogP contribution in [0.25, 0.3) is 0 Å². The topological polar surface area (TPSA) is 46.6 Å². The van der Waals surface area contributed by atoms with Gasteiger partial charge in [0.15, 0.2) is 0 Å². The van der Waals surface area contributed by atoms with Crippen LogP contribution in [-0.2, 0) is 20.6 Å². The lowest BCUT2D eigenvalue weighted by Gasteiger charge is -2.46. The number of benzene rings is 1. The van der Waals surface area contributed by atoms with E-state index in [0.29, 0.717) is 18.7 Å². The molecule has 4 nitrogen and oxygen atoms in total. The van der Waals surface area contributed by atoms with Gasteiger partial charge in [-0.1, -0.05) is 18.2 Å². The predicted molar refractivity (Wildman–Crippen MR) is 84.0 cm³/mol. The molecule has 0 atom stereocenters. The SMILES string of the molecule is CC1(C)CN(S(=O)(=O)c2ccccc2CCl)CC(C)(C)O1. The van der Waals surface area contributed by atoms with Crippen LogP contribution in [0.2, 0.25) is 0 Å². The lowest BCUT2D eigenvalue weighted by atomic mass is 10.0. The molecule has 1 aliphatic rings. The molecule has 0 N–H and O–H groups in total. The van der Waals surface area contributed by atoms with E-state index in [2.05, 4.69) is 0 Å². The normalized spacial score (nSPS) is 22.1. The quantitative estimate of drug-likeness (QED) is 0.800. The summed E-state index contributed by atoms with van der Waals surface area (Å²) in [7, 11) is -3.58. The standard InChI is InChI=1S/C15H22ClNO3S/c1-14(2)10-17(11-15(3,4)20-14)21(18,19)13-8-6-5-7-12(13)9-16/h5-8H,9-11H2,1-4H3. The van der Waals surface area contributed by atoms with Gasteiger partial charge in [-0.15, -0.1) is 11.6 Å². The lowest BCUT2D eigenvalue weighted by molar-refractivity contribution is -0.163. The van der Waals surface area contributed by atoms with E-state index in [1.165, 1.54) is 4.31 Å². The van der Waals surface area contributed by atoms with Gasteiger partial charge in [-0.3, -0.25) is 0 Å². The zero-order chi connectivity index (χ0) is 15.9. The number of halogens is 1. The minimum absolute atomic E-state index is 0.173. The van der Waals surface area contributed by atoms with Crippen molar-refractivity contribution in [3.05, 3.63) is 29.8 Å². The van der Waals surface area contributed by atoms with E-state index >= 15 is 0 Å². The zero-order valence-corrected chi connectivity index (χ0v) is 14.5. The van der Waals surface area contributed by atoms with Crippen molar-refractivity contribution in [2.75, 3.05) is 13.1 Å². The van der Waals surface area contributed by atoms with Gasteiger partial charge in [0.2, 0.25) is 10.0 Å². The Labute approximate surface area is 132 Å². The molecule has 0 bridgehead atoms. The van der Waals surface area contributed by atoms with Crippen molar-refractivity contribution in [2.24, 2.45) is 0 Å². The Morgan fingerprint density at radius 2 is 1.67 bits per heavy atom. The second-order valence-corrected chi connectivity index (χ2v) is 8.81. The van der Waals surface area contributed by atoms with Crippen molar-refractivity contribution in [3.63, 3.8) is 0 Å². The van der Waals surface area contributed by atoms with E-state index < -0.39 is 21.2 Å². The minimum Gasteiger partial charge on any atom is -0.367 e. The third-order valence-corrected chi connectivity index (χ3v) is 5.58. The van der Waals surface area contributed by atoms with Crippen LogP contribution in [0.15, 0.2) is 29.2 Å². The number of morpholine rings is 1. The number of nitrogens with zero attached hydrogens (tertiary/aromatic N) is 1. The summed E-state index contributed by atoms with van der Waals surface area (Å²) in [6.45, 7) is 8.28. The van der Waals surface area contributed by atoms with Crippen LogP contribution in [-0.4, -0.2) is 37.0 Å². The maximum absolute atomic E-state index is 13.0. The molecule has 1 fully saturated rings. The molecule has 0 aliphatic carbocycles. The Bertz CT molecular complexity index is 610. The van der Waals surface area contributed by atoms with Gasteiger partial charge in [-0.2, -0.15) is 4.31 Å². The molecule has 0 unspecified atom stereocenters. The van der Waals surface area contributed by atoms with E-state index in [0.717, 1.165) is 0 Å². The fourth-order valence-corrected chi connectivity index (χ4v) is 5.17. The van der Waals surface area contributed by atoms with E-state index in [1.807, 2.05) is 27.7 Å². The maximum Gasteiger partial charge on any atom is 0.243 e. The predicted octanol–water partition coefficient (Wildman–Crippen LogP) is 3.00. The van der Waals surface area contributed by atoms with E-state index in [9.17, 15) is 8.42 Å². The van der Waals surface area contributed by atoms with E-state index in [1.54, 1.807) is 24.3 Å². The summed E-state index contributed by atoms with van der Waals surface area (Å²) in [4.78, 5) is 0.286. The number of rotatable bonds is 3. The summed E-state index contributed by atoms with van der Waals surface area (Å²) in [5.41, 5.74) is -0.420. The van der Waals surface area contributed by atoms with Gasteiger partial charge in [0.1, 0.15) is 0 Å². The monoisotopic (exact) mass is 331 g/mol. The van der Waals surface area contributed by atoms with E-state index in [4.69, 9.17) is 16.3 Å². The summed E-state index contributed by atoms with van der Waals surface area (Å²) >= 11 is 5.88. The molecule has 0 aromatic heterocycles. The smallest absolute Gasteiger partial charge is 0.243 e. The van der Waals surface area contributed by atoms with Crippen molar-refractivity contribution in [2.45, 2.75) is 49.7 Å². The Morgan fingerprint density at radius 3 is 2.19 bits per heavy atom. The highest BCUT2D eigenvalue weighted by Gasteiger charge is 2.43. The van der Waals surface area contributed by atoms with Crippen molar-refractivity contribution in [3.8, 4) is 0 Å². The Kier molecular flexibility index (Phi) is 4.42. The molecule has 21 heavy (non-hydrogen) atoms. The van der Waals surface area contributed by atoms with E-state index in [-0.39, 0.29) is 10.8 Å². The summed E-state index contributed by atoms with van der Waals surface area (Å²) in [5, 5.41) is 0. The van der Waals surface area contributed by atoms with Gasteiger partial charge < -0.3 is 4.74 Å². The van der Waals surface area contributed by atoms with Gasteiger partial charge >= 0.3 is 0 Å². The number of ether oxygens (including phenoxy) is 1. The molecular weight excluding hydrogens is 310 g/mol. The van der Waals surface area contributed by atoms with Gasteiger partial charge in [-0.05, 0) is 39.3 Å². The molecule has 1 aliphatic heterocycles. The second-order valence-electron chi connectivity index (χ2n) is 6.64. The summed E-state index contributed by atoms with van der Waals surface area (Å²) in [6, 6.07) is 6.88. The van der Waals surface area contributed by atoms with Crippen LogP contribution >= 0.6 is 11.6 Å². The molecular formula is C15H22ClNO3S. The fraction of sp³-hybridized carbons (Fsp3) is 0.600. The Balaban J connectivity index is 2.44. The lowest BCUT2D eigenvalue weighted by Crippen LogP contribution is -2.58. The van der Waals surface area contributed by atoms with Crippen molar-refractivity contribution in [1.29, 1.82) is 0 Å². The molecule has 1 saturated heterocycles. The molecule has 0 amide bonds. The summed E-state index contributed by atoms with van der Waals surface area (Å²) in [5.74, 6) is 0.173. The van der Waals surface area contributed by atoms with Gasteiger partial charge in [-0.25, -0.2) is 8.42 Å². The van der Waals surface area contributed by atoms with Gasteiger partial charge in [0.05, 0.1) is 16.1 Å². The second kappa shape index (κ2) is 5.54. The first-order valence-electron chi connectivity index (χ1n) is 6.92. The highest BCUT2D eigenvalue weighted by molar-refractivity contribution is 7.89. The number of alkyl halides is 1. The molecule has 2 rings (SSSR count). The number of hydrogen-bond donors (Lipinski definition) is 0. The molecule has 0 spiro atoms. The molecule has 118 valence electrons. The van der Waals surface area contributed by atoms with Crippen molar-refractivity contribution >= 4 is 21.6 Å². The maximum atomic E-state index is 13.0. The summed E-state index contributed by atoms with van der Waals surface area (Å²) in [6.07, 6.45) is 0. The molecule has 1 aromatic rings.